The fourth-order valence-corrected chi connectivity index (χ4v) is 3.41. The van der Waals surface area contributed by atoms with Crippen LogP contribution >= 0.6 is 0 Å². The molecule has 0 aliphatic rings. The summed E-state index contributed by atoms with van der Waals surface area (Å²) >= 11 is 0. The summed E-state index contributed by atoms with van der Waals surface area (Å²) in [6.07, 6.45) is -3.36. The Morgan fingerprint density at radius 3 is 2.44 bits per heavy atom. The van der Waals surface area contributed by atoms with Crippen molar-refractivity contribution in [3.63, 3.8) is 0 Å². The number of halogens is 3. The molecule has 0 bridgehead atoms. The van der Waals surface area contributed by atoms with Crippen molar-refractivity contribution in [1.29, 1.82) is 0 Å². The highest BCUT2D eigenvalue weighted by atomic mass is 32.2. The minimum atomic E-state index is -4.52. The summed E-state index contributed by atoms with van der Waals surface area (Å²) in [6, 6.07) is 12.9. The van der Waals surface area contributed by atoms with Gasteiger partial charge in [0.2, 0.25) is 10.0 Å². The molecule has 0 radical (unpaired) electrons. The molecule has 0 fully saturated rings. The lowest BCUT2D eigenvalue weighted by Crippen LogP contribution is -2.27. The molecular formula is C16H14F3N3O2S. The Hall–Kier alpha value is -2.39. The van der Waals surface area contributed by atoms with E-state index in [1.807, 2.05) is 18.2 Å². The van der Waals surface area contributed by atoms with E-state index in [0.717, 1.165) is 27.7 Å². The molecule has 0 unspecified atom stereocenters. The van der Waals surface area contributed by atoms with Gasteiger partial charge in [-0.3, -0.25) is 4.68 Å². The molecular weight excluding hydrogens is 355 g/mol. The number of nitrogens with zero attached hydrogens (tertiary/aromatic N) is 2. The van der Waals surface area contributed by atoms with E-state index < -0.39 is 21.9 Å². The third-order valence-corrected chi connectivity index (χ3v) is 5.05. The molecule has 0 aliphatic carbocycles. The molecule has 3 rings (SSSR count). The van der Waals surface area contributed by atoms with Crippen molar-refractivity contribution < 1.29 is 21.6 Å². The van der Waals surface area contributed by atoms with Gasteiger partial charge in [-0.05, 0) is 29.0 Å². The molecule has 1 N–H and O–H groups in total. The van der Waals surface area contributed by atoms with Crippen LogP contribution in [0.4, 0.5) is 13.2 Å². The number of hydrogen-bond donors (Lipinski definition) is 1. The highest BCUT2D eigenvalue weighted by molar-refractivity contribution is 7.89. The van der Waals surface area contributed by atoms with Gasteiger partial charge in [-0.2, -0.15) is 18.3 Å². The average Bonchev–Trinajstić information content (AvgIpc) is 3.03. The van der Waals surface area contributed by atoms with Crippen molar-refractivity contribution in [3.05, 3.63) is 60.4 Å². The maximum atomic E-state index is 12.5. The molecule has 1 heterocycles. The topological polar surface area (TPSA) is 64.0 Å². The lowest BCUT2D eigenvalue weighted by Gasteiger charge is -2.08. The van der Waals surface area contributed by atoms with Crippen LogP contribution in [0.1, 0.15) is 5.69 Å². The first-order valence-corrected chi connectivity index (χ1v) is 8.83. The quantitative estimate of drug-likeness (QED) is 0.752. The number of nitrogens with one attached hydrogen (secondary N) is 1. The minimum Gasteiger partial charge on any atom is -0.271 e. The molecule has 2 aromatic carbocycles. The van der Waals surface area contributed by atoms with Crippen LogP contribution in [-0.4, -0.2) is 24.7 Å². The molecule has 0 atom stereocenters. The van der Waals surface area contributed by atoms with Gasteiger partial charge < -0.3 is 0 Å². The normalized spacial score (nSPS) is 12.6. The number of fused-ring (bicyclic) bond motifs is 1. The lowest BCUT2D eigenvalue weighted by molar-refractivity contribution is -0.141. The Bertz CT molecular complexity index is 997. The zero-order valence-corrected chi connectivity index (χ0v) is 13.7. The van der Waals surface area contributed by atoms with Crippen LogP contribution in [-0.2, 0) is 22.7 Å². The summed E-state index contributed by atoms with van der Waals surface area (Å²) < 4.78 is 65.5. The van der Waals surface area contributed by atoms with Crippen molar-refractivity contribution >= 4 is 20.8 Å². The molecule has 0 amide bonds. The first-order valence-electron chi connectivity index (χ1n) is 7.35. The fourth-order valence-electron chi connectivity index (χ4n) is 2.35. The van der Waals surface area contributed by atoms with Crippen LogP contribution in [0.2, 0.25) is 0 Å². The van der Waals surface area contributed by atoms with Crippen molar-refractivity contribution in [3.8, 4) is 0 Å². The molecule has 0 aliphatic heterocycles. The van der Waals surface area contributed by atoms with Crippen LogP contribution in [0.5, 0.6) is 0 Å². The zero-order chi connectivity index (χ0) is 18.1. The molecule has 25 heavy (non-hydrogen) atoms. The summed E-state index contributed by atoms with van der Waals surface area (Å²) in [5, 5.41) is 5.07. The van der Waals surface area contributed by atoms with E-state index in [4.69, 9.17) is 0 Å². The maximum absolute atomic E-state index is 12.5. The Labute approximate surface area is 142 Å². The van der Waals surface area contributed by atoms with Gasteiger partial charge in [-0.1, -0.05) is 30.3 Å². The van der Waals surface area contributed by atoms with Crippen molar-refractivity contribution in [2.75, 3.05) is 6.54 Å². The summed E-state index contributed by atoms with van der Waals surface area (Å²) in [6.45, 7) is -0.0863. The van der Waals surface area contributed by atoms with Gasteiger partial charge in [-0.25, -0.2) is 13.1 Å². The van der Waals surface area contributed by atoms with Crippen LogP contribution < -0.4 is 4.72 Å². The Kier molecular flexibility index (Phi) is 4.53. The molecule has 5 nitrogen and oxygen atoms in total. The third-order valence-electron chi connectivity index (χ3n) is 3.60. The Morgan fingerprint density at radius 1 is 1.04 bits per heavy atom. The maximum Gasteiger partial charge on any atom is 0.435 e. The second kappa shape index (κ2) is 6.49. The van der Waals surface area contributed by atoms with Crippen molar-refractivity contribution in [1.82, 2.24) is 14.5 Å². The minimum absolute atomic E-state index is 0.0110. The summed E-state index contributed by atoms with van der Waals surface area (Å²) in [5.74, 6) is 0. The second-order valence-corrected chi connectivity index (χ2v) is 7.14. The van der Waals surface area contributed by atoms with E-state index in [1.54, 1.807) is 18.2 Å². The predicted molar refractivity (Wildman–Crippen MR) is 86.4 cm³/mol. The number of hydrogen-bond acceptors (Lipinski definition) is 3. The van der Waals surface area contributed by atoms with E-state index in [2.05, 4.69) is 9.82 Å². The van der Waals surface area contributed by atoms with Gasteiger partial charge >= 0.3 is 6.18 Å². The second-order valence-electron chi connectivity index (χ2n) is 5.37. The average molecular weight is 369 g/mol. The molecule has 3 aromatic rings. The summed E-state index contributed by atoms with van der Waals surface area (Å²) in [5.41, 5.74) is -1.01. The number of alkyl halides is 3. The number of benzene rings is 2. The fraction of sp³-hybridized carbons (Fsp3) is 0.188. The van der Waals surface area contributed by atoms with E-state index in [0.29, 0.717) is 0 Å². The monoisotopic (exact) mass is 369 g/mol. The zero-order valence-electron chi connectivity index (χ0n) is 12.9. The molecule has 1 aromatic heterocycles. The number of aromatic nitrogens is 2. The van der Waals surface area contributed by atoms with E-state index >= 15 is 0 Å². The Balaban J connectivity index is 1.68. The predicted octanol–water partition coefficient (Wildman–Crippen LogP) is 3.03. The van der Waals surface area contributed by atoms with Gasteiger partial charge in [0.1, 0.15) is 0 Å². The van der Waals surface area contributed by atoms with Gasteiger partial charge in [0, 0.05) is 12.7 Å². The van der Waals surface area contributed by atoms with Crippen LogP contribution in [0.15, 0.2) is 59.6 Å². The highest BCUT2D eigenvalue weighted by Gasteiger charge is 2.33. The molecule has 132 valence electrons. The first-order chi connectivity index (χ1) is 11.8. The summed E-state index contributed by atoms with van der Waals surface area (Å²) in [4.78, 5) is 0.0997. The molecule has 0 spiro atoms. The lowest BCUT2D eigenvalue weighted by atomic mass is 10.1. The Morgan fingerprint density at radius 2 is 1.76 bits per heavy atom. The van der Waals surface area contributed by atoms with Crippen molar-refractivity contribution in [2.24, 2.45) is 0 Å². The third kappa shape index (κ3) is 3.99. The standard InChI is InChI=1S/C16H14F3N3O2S/c17-16(18,19)15-7-9-22(21-15)10-8-20-25(23,24)14-6-5-12-3-1-2-4-13(12)11-14/h1-7,9,11,20H,8,10H2. The number of rotatable bonds is 5. The summed E-state index contributed by atoms with van der Waals surface area (Å²) in [7, 11) is -3.76. The number of sulfonamides is 1. The van der Waals surface area contributed by atoms with E-state index in [9.17, 15) is 21.6 Å². The highest BCUT2D eigenvalue weighted by Crippen LogP contribution is 2.27. The molecule has 9 heteroatoms. The smallest absolute Gasteiger partial charge is 0.271 e. The van der Waals surface area contributed by atoms with Gasteiger partial charge in [0.05, 0.1) is 11.4 Å². The van der Waals surface area contributed by atoms with Gasteiger partial charge in [-0.15, -0.1) is 0 Å². The van der Waals surface area contributed by atoms with Crippen LogP contribution in [0.3, 0.4) is 0 Å². The van der Waals surface area contributed by atoms with Crippen LogP contribution in [0, 0.1) is 0 Å². The van der Waals surface area contributed by atoms with E-state index in [-0.39, 0.29) is 18.0 Å². The van der Waals surface area contributed by atoms with Gasteiger partial charge in [0.15, 0.2) is 5.69 Å². The first kappa shape index (κ1) is 17.4. The largest absolute Gasteiger partial charge is 0.435 e. The van der Waals surface area contributed by atoms with Crippen molar-refractivity contribution in [2.45, 2.75) is 17.6 Å². The van der Waals surface area contributed by atoms with E-state index in [1.165, 1.54) is 6.07 Å². The molecule has 0 saturated heterocycles. The van der Waals surface area contributed by atoms with Crippen LogP contribution in [0.25, 0.3) is 10.8 Å². The molecule has 0 saturated carbocycles. The van der Waals surface area contributed by atoms with Gasteiger partial charge in [0.25, 0.3) is 0 Å². The SMILES string of the molecule is O=S(=O)(NCCn1ccc(C(F)(F)F)n1)c1ccc2ccccc2c1.